The van der Waals surface area contributed by atoms with E-state index in [9.17, 15) is 4.79 Å². The van der Waals surface area contributed by atoms with Gasteiger partial charge in [-0.25, -0.2) is 9.78 Å². The minimum atomic E-state index is -0.922. The van der Waals surface area contributed by atoms with E-state index in [2.05, 4.69) is 4.98 Å². The summed E-state index contributed by atoms with van der Waals surface area (Å²) in [6, 6.07) is 7.40. The molecule has 1 aromatic heterocycles. The summed E-state index contributed by atoms with van der Waals surface area (Å²) in [7, 11) is 5.68. The van der Waals surface area contributed by atoms with Crippen LogP contribution in [-0.2, 0) is 6.42 Å². The fourth-order valence-electron chi connectivity index (χ4n) is 1.65. The number of hydrogen-bond acceptors (Lipinski definition) is 3. The molecule has 0 aliphatic carbocycles. The Labute approximate surface area is 105 Å². The third-order valence-electron chi connectivity index (χ3n) is 2.32. The molecule has 0 atom stereocenters. The number of carboxylic acids is 1. The lowest BCUT2D eigenvalue weighted by Crippen LogP contribution is -2.04. The predicted octanol–water partition coefficient (Wildman–Crippen LogP) is 1.53. The number of hydrogen-bond donors (Lipinski definition) is 1. The molecule has 0 aliphatic heterocycles. The highest BCUT2D eigenvalue weighted by Gasteiger charge is 2.15. The molecule has 84 valence electrons. The van der Waals surface area contributed by atoms with Crippen LogP contribution < -0.4 is 5.46 Å². The fraction of sp³-hybridized carbons (Fsp3) is 0.167. The SMILES string of the molecule is [B]c1cccc(Cc2nc(C)sc2C(=O)O)c1. The molecule has 1 heterocycles. The second kappa shape index (κ2) is 4.71. The van der Waals surface area contributed by atoms with Crippen molar-refractivity contribution in [3.8, 4) is 0 Å². The van der Waals surface area contributed by atoms with Crippen molar-refractivity contribution in [2.45, 2.75) is 13.3 Å². The maximum absolute atomic E-state index is 11.0. The van der Waals surface area contributed by atoms with Crippen LogP contribution in [0.1, 0.15) is 25.9 Å². The summed E-state index contributed by atoms with van der Waals surface area (Å²) in [4.78, 5) is 15.6. The van der Waals surface area contributed by atoms with Gasteiger partial charge in [-0.15, -0.1) is 11.3 Å². The minimum absolute atomic E-state index is 0.310. The van der Waals surface area contributed by atoms with Crippen molar-refractivity contribution in [1.82, 2.24) is 4.98 Å². The van der Waals surface area contributed by atoms with E-state index in [0.29, 0.717) is 22.5 Å². The number of aromatic nitrogens is 1. The summed E-state index contributed by atoms with van der Waals surface area (Å²) in [5.74, 6) is -0.922. The van der Waals surface area contributed by atoms with Crippen LogP contribution in [0.4, 0.5) is 0 Å². The number of thiazole rings is 1. The molecule has 0 fully saturated rings. The van der Waals surface area contributed by atoms with Crippen molar-refractivity contribution in [2.24, 2.45) is 0 Å². The van der Waals surface area contributed by atoms with Crippen molar-refractivity contribution in [2.75, 3.05) is 0 Å². The first kappa shape index (κ1) is 11.9. The second-order valence-electron chi connectivity index (χ2n) is 3.74. The standard InChI is InChI=1S/C12H10BNO2S/c1-7-14-10(11(17-7)12(15)16)6-8-3-2-4-9(13)5-8/h2-5H,6H2,1H3,(H,15,16). The van der Waals surface area contributed by atoms with Gasteiger partial charge < -0.3 is 5.11 Å². The summed E-state index contributed by atoms with van der Waals surface area (Å²) in [6.45, 7) is 1.81. The van der Waals surface area contributed by atoms with Crippen LogP contribution in [0.15, 0.2) is 24.3 Å². The zero-order chi connectivity index (χ0) is 12.4. The number of nitrogens with zero attached hydrogens (tertiary/aromatic N) is 1. The molecule has 0 unspecified atom stereocenters. The van der Waals surface area contributed by atoms with Crippen molar-refractivity contribution in [1.29, 1.82) is 0 Å². The molecular formula is C12H10BNO2S. The molecule has 0 bridgehead atoms. The number of benzene rings is 1. The molecule has 17 heavy (non-hydrogen) atoms. The quantitative estimate of drug-likeness (QED) is 0.831. The molecule has 1 N–H and O–H groups in total. The zero-order valence-electron chi connectivity index (χ0n) is 9.30. The molecule has 0 saturated carbocycles. The largest absolute Gasteiger partial charge is 0.477 e. The average molecular weight is 243 g/mol. The van der Waals surface area contributed by atoms with Gasteiger partial charge in [-0.1, -0.05) is 29.7 Å². The molecule has 0 saturated heterocycles. The van der Waals surface area contributed by atoms with Gasteiger partial charge >= 0.3 is 5.97 Å². The van der Waals surface area contributed by atoms with Crippen LogP contribution in [0.25, 0.3) is 0 Å². The first-order valence-electron chi connectivity index (χ1n) is 5.10. The normalized spacial score (nSPS) is 10.4. The van der Waals surface area contributed by atoms with E-state index in [1.165, 1.54) is 11.3 Å². The molecule has 2 radical (unpaired) electrons. The monoisotopic (exact) mass is 243 g/mol. The lowest BCUT2D eigenvalue weighted by molar-refractivity contribution is 0.0701. The van der Waals surface area contributed by atoms with E-state index in [1.807, 2.05) is 18.2 Å². The van der Waals surface area contributed by atoms with E-state index in [0.717, 1.165) is 10.6 Å². The van der Waals surface area contributed by atoms with Gasteiger partial charge in [0.2, 0.25) is 0 Å². The maximum atomic E-state index is 11.0. The van der Waals surface area contributed by atoms with E-state index in [1.54, 1.807) is 13.0 Å². The first-order valence-corrected chi connectivity index (χ1v) is 5.92. The van der Waals surface area contributed by atoms with Gasteiger partial charge in [-0.2, -0.15) is 0 Å². The number of aromatic carboxylic acids is 1. The van der Waals surface area contributed by atoms with E-state index >= 15 is 0 Å². The second-order valence-corrected chi connectivity index (χ2v) is 4.94. The number of aryl methyl sites for hydroxylation is 1. The van der Waals surface area contributed by atoms with Gasteiger partial charge in [0, 0.05) is 6.42 Å². The Morgan fingerprint density at radius 3 is 2.94 bits per heavy atom. The summed E-state index contributed by atoms with van der Waals surface area (Å²) >= 11 is 1.20. The van der Waals surface area contributed by atoms with Crippen LogP contribution in [0.5, 0.6) is 0 Å². The van der Waals surface area contributed by atoms with Crippen LogP contribution in [0.2, 0.25) is 0 Å². The Kier molecular flexibility index (Phi) is 3.29. The predicted molar refractivity (Wildman–Crippen MR) is 68.4 cm³/mol. The summed E-state index contributed by atoms with van der Waals surface area (Å²) in [6.07, 6.45) is 0.497. The highest BCUT2D eigenvalue weighted by molar-refractivity contribution is 7.13. The highest BCUT2D eigenvalue weighted by atomic mass is 32.1. The smallest absolute Gasteiger partial charge is 0.347 e. The van der Waals surface area contributed by atoms with Crippen molar-refractivity contribution >= 4 is 30.6 Å². The van der Waals surface area contributed by atoms with Gasteiger partial charge in [0.25, 0.3) is 0 Å². The zero-order valence-corrected chi connectivity index (χ0v) is 10.1. The van der Waals surface area contributed by atoms with Crippen molar-refractivity contribution < 1.29 is 9.90 Å². The summed E-state index contributed by atoms with van der Waals surface area (Å²) in [5, 5.41) is 9.82. The molecule has 3 nitrogen and oxygen atoms in total. The maximum Gasteiger partial charge on any atom is 0.347 e. The topological polar surface area (TPSA) is 50.2 Å². The number of carboxylic acid groups (broad SMARTS) is 1. The molecule has 2 rings (SSSR count). The molecule has 1 aromatic carbocycles. The van der Waals surface area contributed by atoms with Crippen LogP contribution >= 0.6 is 11.3 Å². The van der Waals surface area contributed by atoms with Crippen LogP contribution in [0.3, 0.4) is 0 Å². The number of rotatable bonds is 3. The lowest BCUT2D eigenvalue weighted by atomic mass is 9.93. The Hall–Kier alpha value is -1.62. The Morgan fingerprint density at radius 1 is 1.53 bits per heavy atom. The van der Waals surface area contributed by atoms with E-state index in [4.69, 9.17) is 13.0 Å². The average Bonchev–Trinajstić information content (AvgIpc) is 2.59. The third-order valence-corrected chi connectivity index (χ3v) is 3.32. The summed E-state index contributed by atoms with van der Waals surface area (Å²) < 4.78 is 0. The molecule has 0 amide bonds. The fourth-order valence-corrected chi connectivity index (χ4v) is 2.43. The first-order chi connectivity index (χ1) is 8.06. The van der Waals surface area contributed by atoms with Gasteiger partial charge in [0.1, 0.15) is 12.7 Å². The van der Waals surface area contributed by atoms with E-state index in [-0.39, 0.29) is 0 Å². The van der Waals surface area contributed by atoms with E-state index < -0.39 is 5.97 Å². The van der Waals surface area contributed by atoms with Gasteiger partial charge in [-0.05, 0) is 12.5 Å². The molecular weight excluding hydrogens is 233 g/mol. The Balaban J connectivity index is 2.32. The van der Waals surface area contributed by atoms with Crippen LogP contribution in [-0.4, -0.2) is 23.9 Å². The Bertz CT molecular complexity index is 565. The van der Waals surface area contributed by atoms with Crippen molar-refractivity contribution in [3.63, 3.8) is 0 Å². The summed E-state index contributed by atoms with van der Waals surface area (Å²) in [5.41, 5.74) is 2.25. The van der Waals surface area contributed by atoms with Crippen LogP contribution in [0, 0.1) is 6.92 Å². The lowest BCUT2D eigenvalue weighted by Gasteiger charge is -2.01. The minimum Gasteiger partial charge on any atom is -0.477 e. The third kappa shape index (κ3) is 2.74. The highest BCUT2D eigenvalue weighted by Crippen LogP contribution is 2.20. The van der Waals surface area contributed by atoms with Gasteiger partial charge in [0.15, 0.2) is 0 Å². The molecule has 0 aliphatic rings. The number of carbonyl (C=O) groups is 1. The Morgan fingerprint density at radius 2 is 2.29 bits per heavy atom. The van der Waals surface area contributed by atoms with Gasteiger partial charge in [-0.3, -0.25) is 0 Å². The van der Waals surface area contributed by atoms with Gasteiger partial charge in [0.05, 0.1) is 10.7 Å². The molecule has 0 spiro atoms. The molecule has 5 heteroatoms. The van der Waals surface area contributed by atoms with Crippen molar-refractivity contribution in [3.05, 3.63) is 45.4 Å². The molecule has 2 aromatic rings.